The van der Waals surface area contributed by atoms with E-state index < -0.39 is 0 Å². The highest BCUT2D eigenvalue weighted by Crippen LogP contribution is 2.40. The molecule has 1 atom stereocenters. The van der Waals surface area contributed by atoms with Crippen molar-refractivity contribution in [2.75, 3.05) is 18.0 Å². The summed E-state index contributed by atoms with van der Waals surface area (Å²) in [6.07, 6.45) is 4.39. The summed E-state index contributed by atoms with van der Waals surface area (Å²) < 4.78 is 13.5. The van der Waals surface area contributed by atoms with Crippen molar-refractivity contribution in [3.05, 3.63) is 29.6 Å². The second kappa shape index (κ2) is 6.13. The number of benzene rings is 1. The van der Waals surface area contributed by atoms with Gasteiger partial charge in [-0.1, -0.05) is 13.8 Å². The molecule has 2 N–H and O–H groups in total. The minimum Gasteiger partial charge on any atom is -0.371 e. The van der Waals surface area contributed by atoms with Gasteiger partial charge in [-0.25, -0.2) is 4.39 Å². The minimum atomic E-state index is -0.166. The van der Waals surface area contributed by atoms with E-state index in [4.69, 9.17) is 5.73 Å². The summed E-state index contributed by atoms with van der Waals surface area (Å²) in [6, 6.07) is 5.20. The van der Waals surface area contributed by atoms with Crippen LogP contribution in [-0.4, -0.2) is 19.1 Å². The summed E-state index contributed by atoms with van der Waals surface area (Å²) in [5, 5.41) is 0. The maximum Gasteiger partial charge on any atom is 0.123 e. The van der Waals surface area contributed by atoms with E-state index in [-0.39, 0.29) is 11.9 Å². The highest BCUT2D eigenvalue weighted by atomic mass is 19.1. The highest BCUT2D eigenvalue weighted by Gasteiger charge is 2.35. The Morgan fingerprint density at radius 2 is 2.05 bits per heavy atom. The predicted molar refractivity (Wildman–Crippen MR) is 83.6 cm³/mol. The van der Waals surface area contributed by atoms with Crippen LogP contribution in [-0.2, 0) is 6.42 Å². The normalized spacial score (nSPS) is 19.4. The van der Waals surface area contributed by atoms with Gasteiger partial charge in [-0.3, -0.25) is 0 Å². The lowest BCUT2D eigenvalue weighted by atomic mass is 9.82. The van der Waals surface area contributed by atoms with E-state index in [1.165, 1.54) is 24.9 Å². The van der Waals surface area contributed by atoms with Crippen LogP contribution in [0.25, 0.3) is 0 Å². The predicted octanol–water partition coefficient (Wildman–Crippen LogP) is 3.73. The lowest BCUT2D eigenvalue weighted by Gasteiger charge is -2.28. The van der Waals surface area contributed by atoms with Gasteiger partial charge in [0.15, 0.2) is 0 Å². The fraction of sp³-hybridized carbons (Fsp3) is 0.647. The van der Waals surface area contributed by atoms with Crippen molar-refractivity contribution in [1.82, 2.24) is 0 Å². The number of nitrogens with zero attached hydrogens (tertiary/aromatic N) is 1. The van der Waals surface area contributed by atoms with Gasteiger partial charge in [0.2, 0.25) is 0 Å². The van der Waals surface area contributed by atoms with Gasteiger partial charge in [0.05, 0.1) is 0 Å². The molecule has 1 saturated heterocycles. The number of hydrogen-bond donors (Lipinski definition) is 1. The first-order valence-electron chi connectivity index (χ1n) is 7.78. The number of halogens is 1. The van der Waals surface area contributed by atoms with E-state index in [0.717, 1.165) is 25.1 Å². The standard InChI is InChI=1S/C17H27FN2/c1-4-17(5-2)8-9-20(12-17)16-7-6-15(18)11-14(16)10-13(3)19/h6-7,11,13H,4-5,8-10,12,19H2,1-3H3. The van der Waals surface area contributed by atoms with Gasteiger partial charge in [-0.05, 0) is 61.8 Å². The van der Waals surface area contributed by atoms with Crippen LogP contribution < -0.4 is 10.6 Å². The van der Waals surface area contributed by atoms with Gasteiger partial charge in [0, 0.05) is 24.8 Å². The summed E-state index contributed by atoms with van der Waals surface area (Å²) in [5.74, 6) is -0.166. The van der Waals surface area contributed by atoms with Crippen molar-refractivity contribution < 1.29 is 4.39 Å². The summed E-state index contributed by atoms with van der Waals surface area (Å²) in [4.78, 5) is 2.42. The molecule has 0 radical (unpaired) electrons. The van der Waals surface area contributed by atoms with Crippen molar-refractivity contribution >= 4 is 5.69 Å². The Labute approximate surface area is 122 Å². The topological polar surface area (TPSA) is 29.3 Å². The van der Waals surface area contributed by atoms with E-state index in [1.54, 1.807) is 12.1 Å². The second-order valence-electron chi connectivity index (χ2n) is 6.33. The van der Waals surface area contributed by atoms with Gasteiger partial charge in [-0.15, -0.1) is 0 Å². The SMILES string of the molecule is CCC1(CC)CCN(c2ccc(F)cc2CC(C)N)C1. The van der Waals surface area contributed by atoms with Crippen molar-refractivity contribution in [1.29, 1.82) is 0 Å². The monoisotopic (exact) mass is 278 g/mol. The van der Waals surface area contributed by atoms with Crippen LogP contribution >= 0.6 is 0 Å². The molecule has 1 aliphatic heterocycles. The fourth-order valence-electron chi connectivity index (χ4n) is 3.34. The van der Waals surface area contributed by atoms with E-state index in [9.17, 15) is 4.39 Å². The Hall–Kier alpha value is -1.09. The lowest BCUT2D eigenvalue weighted by molar-refractivity contribution is 0.301. The first-order chi connectivity index (χ1) is 9.49. The van der Waals surface area contributed by atoms with Crippen molar-refractivity contribution in [2.45, 2.75) is 52.5 Å². The Bertz CT molecular complexity index is 452. The maximum absolute atomic E-state index is 13.5. The smallest absolute Gasteiger partial charge is 0.123 e. The van der Waals surface area contributed by atoms with Crippen LogP contribution in [0.4, 0.5) is 10.1 Å². The van der Waals surface area contributed by atoms with Crippen LogP contribution in [0.3, 0.4) is 0 Å². The molecule has 2 nitrogen and oxygen atoms in total. The van der Waals surface area contributed by atoms with Gasteiger partial charge in [-0.2, -0.15) is 0 Å². The number of anilines is 1. The van der Waals surface area contributed by atoms with E-state index >= 15 is 0 Å². The summed E-state index contributed by atoms with van der Waals surface area (Å²) in [5.41, 5.74) is 8.56. The number of hydrogen-bond acceptors (Lipinski definition) is 2. The molecule has 20 heavy (non-hydrogen) atoms. The molecule has 1 aromatic carbocycles. The molecule has 0 aromatic heterocycles. The number of nitrogens with two attached hydrogens (primary N) is 1. The first kappa shape index (κ1) is 15.3. The molecule has 1 heterocycles. The molecule has 112 valence electrons. The number of rotatable bonds is 5. The van der Waals surface area contributed by atoms with Gasteiger partial charge in [0.25, 0.3) is 0 Å². The van der Waals surface area contributed by atoms with Crippen LogP contribution in [0.1, 0.15) is 45.6 Å². The molecule has 1 unspecified atom stereocenters. The van der Waals surface area contributed by atoms with Crippen LogP contribution in [0.2, 0.25) is 0 Å². The third-order valence-electron chi connectivity index (χ3n) is 4.86. The molecule has 1 fully saturated rings. The van der Waals surface area contributed by atoms with Gasteiger partial charge in [0.1, 0.15) is 5.82 Å². The van der Waals surface area contributed by atoms with E-state index in [0.29, 0.717) is 5.41 Å². The van der Waals surface area contributed by atoms with E-state index in [2.05, 4.69) is 18.7 Å². The summed E-state index contributed by atoms with van der Waals surface area (Å²) in [6.45, 7) is 8.68. The molecule has 1 aliphatic rings. The fourth-order valence-corrected chi connectivity index (χ4v) is 3.34. The van der Waals surface area contributed by atoms with Crippen molar-refractivity contribution in [3.8, 4) is 0 Å². The maximum atomic E-state index is 13.5. The zero-order chi connectivity index (χ0) is 14.8. The summed E-state index contributed by atoms with van der Waals surface area (Å²) in [7, 11) is 0. The van der Waals surface area contributed by atoms with Crippen LogP contribution in [0.15, 0.2) is 18.2 Å². The first-order valence-corrected chi connectivity index (χ1v) is 7.78. The molecule has 0 spiro atoms. The van der Waals surface area contributed by atoms with Crippen LogP contribution in [0, 0.1) is 11.2 Å². The minimum absolute atomic E-state index is 0.0558. The third-order valence-corrected chi connectivity index (χ3v) is 4.86. The van der Waals surface area contributed by atoms with Gasteiger partial charge >= 0.3 is 0 Å². The van der Waals surface area contributed by atoms with Gasteiger partial charge < -0.3 is 10.6 Å². The van der Waals surface area contributed by atoms with Crippen LogP contribution in [0.5, 0.6) is 0 Å². The molecule has 2 rings (SSSR count). The zero-order valence-electron chi connectivity index (χ0n) is 13.0. The zero-order valence-corrected chi connectivity index (χ0v) is 13.0. The third kappa shape index (κ3) is 3.14. The molecule has 0 bridgehead atoms. The largest absolute Gasteiger partial charge is 0.371 e. The van der Waals surface area contributed by atoms with E-state index in [1.807, 2.05) is 13.0 Å². The van der Waals surface area contributed by atoms with Crippen molar-refractivity contribution in [3.63, 3.8) is 0 Å². The molecular weight excluding hydrogens is 251 g/mol. The van der Waals surface area contributed by atoms with Crippen molar-refractivity contribution in [2.24, 2.45) is 11.1 Å². The second-order valence-corrected chi connectivity index (χ2v) is 6.33. The Kier molecular flexibility index (Phi) is 4.69. The Morgan fingerprint density at radius 1 is 1.35 bits per heavy atom. The molecule has 0 aliphatic carbocycles. The molecule has 1 aromatic rings. The highest BCUT2D eigenvalue weighted by molar-refractivity contribution is 5.55. The molecular formula is C17H27FN2. The molecule has 3 heteroatoms. The molecule has 0 saturated carbocycles. The Balaban J connectivity index is 2.25. The Morgan fingerprint density at radius 3 is 2.60 bits per heavy atom. The molecule has 0 amide bonds. The average Bonchev–Trinajstić information content (AvgIpc) is 2.83. The average molecular weight is 278 g/mol. The quantitative estimate of drug-likeness (QED) is 0.889. The summed E-state index contributed by atoms with van der Waals surface area (Å²) >= 11 is 0. The lowest BCUT2D eigenvalue weighted by Crippen LogP contribution is -2.28.